The number of rotatable bonds is 3. The Kier molecular flexibility index (Phi) is 3.64. The highest BCUT2D eigenvalue weighted by Gasteiger charge is 2.05. The molecule has 2 aromatic carbocycles. The van der Waals surface area contributed by atoms with Gasteiger partial charge < -0.3 is 5.73 Å². The molecule has 0 atom stereocenters. The number of nitrogen functional groups attached to an aromatic ring is 1. The maximum Gasteiger partial charge on any atom is 0.238 e. The van der Waals surface area contributed by atoms with Crippen LogP contribution in [-0.2, 0) is 10.0 Å². The van der Waals surface area contributed by atoms with Gasteiger partial charge in [-0.3, -0.25) is 4.99 Å². The SMILES string of the molecule is Nc1ccc(C=Nc2ccc(S(N)(=O)=O)cc2)cc1. The average molecular weight is 275 g/mol. The van der Waals surface area contributed by atoms with Crippen molar-refractivity contribution < 1.29 is 8.42 Å². The van der Waals surface area contributed by atoms with Crippen molar-refractivity contribution in [3.05, 3.63) is 54.1 Å². The fourth-order valence-electron chi connectivity index (χ4n) is 1.45. The second-order valence-corrected chi connectivity index (χ2v) is 5.53. The molecule has 0 amide bonds. The molecule has 2 aromatic rings. The van der Waals surface area contributed by atoms with Gasteiger partial charge in [0.05, 0.1) is 10.6 Å². The first-order valence-corrected chi connectivity index (χ1v) is 7.02. The molecule has 19 heavy (non-hydrogen) atoms. The molecule has 2 rings (SSSR count). The standard InChI is InChI=1S/C13H13N3O2S/c14-11-3-1-10(2-4-11)9-16-12-5-7-13(8-6-12)19(15,17)18/h1-9H,14H2,(H2,15,17,18). The van der Waals surface area contributed by atoms with E-state index in [2.05, 4.69) is 4.99 Å². The van der Waals surface area contributed by atoms with Gasteiger partial charge >= 0.3 is 0 Å². The lowest BCUT2D eigenvalue weighted by atomic mass is 10.2. The van der Waals surface area contributed by atoms with Crippen molar-refractivity contribution in [2.45, 2.75) is 4.90 Å². The topological polar surface area (TPSA) is 98.5 Å². The van der Waals surface area contributed by atoms with Crippen LogP contribution in [0.5, 0.6) is 0 Å². The Hall–Kier alpha value is -2.18. The second-order valence-electron chi connectivity index (χ2n) is 3.96. The molecule has 0 spiro atoms. The third-order valence-electron chi connectivity index (χ3n) is 2.46. The summed E-state index contributed by atoms with van der Waals surface area (Å²) in [6.45, 7) is 0. The smallest absolute Gasteiger partial charge is 0.238 e. The molecule has 0 bridgehead atoms. The lowest BCUT2D eigenvalue weighted by molar-refractivity contribution is 0.598. The monoisotopic (exact) mass is 275 g/mol. The maximum absolute atomic E-state index is 11.1. The summed E-state index contributed by atoms with van der Waals surface area (Å²) >= 11 is 0. The third kappa shape index (κ3) is 3.64. The number of hydrogen-bond donors (Lipinski definition) is 2. The van der Waals surface area contributed by atoms with Crippen LogP contribution in [0.25, 0.3) is 0 Å². The zero-order valence-electron chi connectivity index (χ0n) is 10.0. The molecule has 0 aliphatic rings. The number of sulfonamides is 1. The van der Waals surface area contributed by atoms with E-state index in [9.17, 15) is 8.42 Å². The van der Waals surface area contributed by atoms with E-state index >= 15 is 0 Å². The predicted octanol–water partition coefficient (Wildman–Crippen LogP) is 1.67. The lowest BCUT2D eigenvalue weighted by Crippen LogP contribution is -2.11. The predicted molar refractivity (Wildman–Crippen MR) is 75.9 cm³/mol. The van der Waals surface area contributed by atoms with Gasteiger partial charge in [0.1, 0.15) is 0 Å². The molecule has 98 valence electrons. The Labute approximate surface area is 111 Å². The molecule has 6 heteroatoms. The van der Waals surface area contributed by atoms with E-state index in [1.54, 1.807) is 30.5 Å². The number of nitrogens with two attached hydrogens (primary N) is 2. The number of hydrogen-bond acceptors (Lipinski definition) is 4. The van der Waals surface area contributed by atoms with Crippen molar-refractivity contribution in [3.8, 4) is 0 Å². The minimum absolute atomic E-state index is 0.0685. The van der Waals surface area contributed by atoms with Crippen LogP contribution in [0.15, 0.2) is 58.4 Å². The maximum atomic E-state index is 11.1. The van der Waals surface area contributed by atoms with Crippen molar-refractivity contribution in [2.75, 3.05) is 5.73 Å². The van der Waals surface area contributed by atoms with Crippen molar-refractivity contribution in [1.29, 1.82) is 0 Å². The lowest BCUT2D eigenvalue weighted by Gasteiger charge is -1.98. The van der Waals surface area contributed by atoms with E-state index in [0.29, 0.717) is 11.4 Å². The summed E-state index contributed by atoms with van der Waals surface area (Å²) in [6.07, 6.45) is 1.67. The zero-order valence-corrected chi connectivity index (χ0v) is 10.8. The molecule has 0 aromatic heterocycles. The molecule has 0 unspecified atom stereocenters. The van der Waals surface area contributed by atoms with Crippen molar-refractivity contribution in [1.82, 2.24) is 0 Å². The van der Waals surface area contributed by atoms with Gasteiger partial charge in [0.25, 0.3) is 0 Å². The summed E-state index contributed by atoms with van der Waals surface area (Å²) in [6, 6.07) is 13.3. The summed E-state index contributed by atoms with van der Waals surface area (Å²) in [5.41, 5.74) is 7.82. The first-order chi connectivity index (χ1) is 8.95. The van der Waals surface area contributed by atoms with E-state index in [1.807, 2.05) is 12.1 Å². The first-order valence-electron chi connectivity index (χ1n) is 5.48. The minimum atomic E-state index is -3.66. The fourth-order valence-corrected chi connectivity index (χ4v) is 1.97. The van der Waals surface area contributed by atoms with Crippen LogP contribution in [0.2, 0.25) is 0 Å². The molecule has 0 heterocycles. The Bertz CT molecular complexity index is 690. The van der Waals surface area contributed by atoms with Gasteiger partial charge in [-0.25, -0.2) is 13.6 Å². The Morgan fingerprint density at radius 3 is 2.05 bits per heavy atom. The van der Waals surface area contributed by atoms with Gasteiger partial charge in [0, 0.05) is 11.9 Å². The van der Waals surface area contributed by atoms with Gasteiger partial charge in [-0.1, -0.05) is 12.1 Å². The third-order valence-corrected chi connectivity index (χ3v) is 3.39. The number of aliphatic imine (C=N–C) groups is 1. The van der Waals surface area contributed by atoms with E-state index < -0.39 is 10.0 Å². The van der Waals surface area contributed by atoms with Gasteiger partial charge in [-0.15, -0.1) is 0 Å². The van der Waals surface area contributed by atoms with Crippen LogP contribution in [0, 0.1) is 0 Å². The molecule has 0 aliphatic heterocycles. The molecule has 0 saturated heterocycles. The van der Waals surface area contributed by atoms with Crippen LogP contribution in [0.3, 0.4) is 0 Å². The molecule has 4 N–H and O–H groups in total. The summed E-state index contributed by atoms with van der Waals surface area (Å²) in [5, 5.41) is 5.01. The molecule has 0 saturated carbocycles. The van der Waals surface area contributed by atoms with Crippen LogP contribution in [0.1, 0.15) is 5.56 Å². The Morgan fingerprint density at radius 1 is 0.947 bits per heavy atom. The molecule has 0 aliphatic carbocycles. The van der Waals surface area contributed by atoms with Crippen molar-refractivity contribution >= 4 is 27.6 Å². The van der Waals surface area contributed by atoms with Gasteiger partial charge in [-0.2, -0.15) is 0 Å². The van der Waals surface area contributed by atoms with E-state index in [-0.39, 0.29) is 4.90 Å². The summed E-state index contributed by atoms with van der Waals surface area (Å²) in [7, 11) is -3.66. The number of primary sulfonamides is 1. The molecular weight excluding hydrogens is 262 g/mol. The van der Waals surface area contributed by atoms with Crippen molar-refractivity contribution in [2.24, 2.45) is 10.1 Å². The van der Waals surface area contributed by atoms with Crippen LogP contribution in [-0.4, -0.2) is 14.6 Å². The molecule has 0 fully saturated rings. The van der Waals surface area contributed by atoms with Gasteiger partial charge in [0.15, 0.2) is 0 Å². The Balaban J connectivity index is 2.18. The normalized spacial score (nSPS) is 11.8. The number of nitrogens with zero attached hydrogens (tertiary/aromatic N) is 1. The van der Waals surface area contributed by atoms with Gasteiger partial charge in [0.2, 0.25) is 10.0 Å². The van der Waals surface area contributed by atoms with E-state index in [0.717, 1.165) is 5.56 Å². The average Bonchev–Trinajstić information content (AvgIpc) is 2.37. The first kappa shape index (κ1) is 13.3. The van der Waals surface area contributed by atoms with E-state index in [4.69, 9.17) is 10.9 Å². The number of anilines is 1. The summed E-state index contributed by atoms with van der Waals surface area (Å²) < 4.78 is 22.2. The van der Waals surface area contributed by atoms with Gasteiger partial charge in [-0.05, 0) is 42.0 Å². The van der Waals surface area contributed by atoms with Crippen molar-refractivity contribution in [3.63, 3.8) is 0 Å². The molecular formula is C13H13N3O2S. The largest absolute Gasteiger partial charge is 0.399 e. The quantitative estimate of drug-likeness (QED) is 0.658. The fraction of sp³-hybridized carbons (Fsp3) is 0. The van der Waals surface area contributed by atoms with Crippen LogP contribution < -0.4 is 10.9 Å². The summed E-state index contributed by atoms with van der Waals surface area (Å²) in [5.74, 6) is 0. The highest BCUT2D eigenvalue weighted by Crippen LogP contribution is 2.15. The highest BCUT2D eigenvalue weighted by atomic mass is 32.2. The second kappa shape index (κ2) is 5.21. The Morgan fingerprint density at radius 2 is 1.53 bits per heavy atom. The van der Waals surface area contributed by atoms with Crippen LogP contribution in [0.4, 0.5) is 11.4 Å². The zero-order chi connectivity index (χ0) is 13.9. The number of benzene rings is 2. The van der Waals surface area contributed by atoms with Crippen LogP contribution >= 0.6 is 0 Å². The summed E-state index contributed by atoms with van der Waals surface area (Å²) in [4.78, 5) is 4.30. The highest BCUT2D eigenvalue weighted by molar-refractivity contribution is 7.89. The molecule has 0 radical (unpaired) electrons. The minimum Gasteiger partial charge on any atom is -0.399 e. The van der Waals surface area contributed by atoms with E-state index in [1.165, 1.54) is 12.1 Å². The molecule has 5 nitrogen and oxygen atoms in total.